The van der Waals surface area contributed by atoms with Gasteiger partial charge in [-0.15, -0.1) is 0 Å². The van der Waals surface area contributed by atoms with Gasteiger partial charge in [-0.25, -0.2) is 5.01 Å². The van der Waals surface area contributed by atoms with Crippen LogP contribution in [0.4, 0.5) is 0 Å². The van der Waals surface area contributed by atoms with Gasteiger partial charge in [0.05, 0.1) is 11.8 Å². The van der Waals surface area contributed by atoms with E-state index in [2.05, 4.69) is 21.0 Å². The summed E-state index contributed by atoms with van der Waals surface area (Å²) in [5, 5.41) is 16.6. The summed E-state index contributed by atoms with van der Waals surface area (Å²) in [6, 6.07) is 17.2. The molecule has 1 atom stereocenters. The van der Waals surface area contributed by atoms with Crippen LogP contribution in [0.3, 0.4) is 0 Å². The van der Waals surface area contributed by atoms with E-state index in [1.807, 2.05) is 54.6 Å². The van der Waals surface area contributed by atoms with Crippen molar-refractivity contribution in [3.63, 3.8) is 0 Å². The largest absolute Gasteiger partial charge is 0.550 e. The lowest BCUT2D eigenvalue weighted by molar-refractivity contribution is -0.305. The quantitative estimate of drug-likeness (QED) is 0.775. The van der Waals surface area contributed by atoms with Crippen molar-refractivity contribution >= 4 is 33.5 Å². The number of carbonyl (C=O) groups excluding carboxylic acids is 2. The fourth-order valence-electron chi connectivity index (χ4n) is 2.82. The van der Waals surface area contributed by atoms with Gasteiger partial charge in [0, 0.05) is 23.3 Å². The molecule has 3 rings (SSSR count). The maximum atomic E-state index is 12.5. The average molecular weight is 400 g/mol. The van der Waals surface area contributed by atoms with Crippen LogP contribution in [0, 0.1) is 0 Å². The van der Waals surface area contributed by atoms with Gasteiger partial charge in [-0.3, -0.25) is 4.79 Å². The third-order valence-corrected chi connectivity index (χ3v) is 4.60. The van der Waals surface area contributed by atoms with Crippen molar-refractivity contribution < 1.29 is 14.7 Å². The number of carbonyl (C=O) groups is 2. The molecule has 0 bridgehead atoms. The van der Waals surface area contributed by atoms with E-state index >= 15 is 0 Å². The van der Waals surface area contributed by atoms with E-state index < -0.39 is 5.97 Å². The molecule has 0 radical (unpaired) electrons. The molecule has 0 aromatic heterocycles. The molecule has 0 fully saturated rings. The number of hydrogen-bond acceptors (Lipinski definition) is 4. The second-order valence-electron chi connectivity index (χ2n) is 5.79. The highest BCUT2D eigenvalue weighted by atomic mass is 79.9. The lowest BCUT2D eigenvalue weighted by Gasteiger charge is -2.22. The molecule has 0 aliphatic carbocycles. The Morgan fingerprint density at radius 2 is 1.76 bits per heavy atom. The molecule has 1 amide bonds. The Bertz CT molecular complexity index is 803. The number of hydrogen-bond donors (Lipinski definition) is 0. The minimum atomic E-state index is -1.24. The highest BCUT2D eigenvalue weighted by Crippen LogP contribution is 2.33. The molecule has 1 aliphatic heterocycles. The number of nitrogens with zero attached hydrogens (tertiary/aromatic N) is 2. The van der Waals surface area contributed by atoms with Gasteiger partial charge >= 0.3 is 0 Å². The number of halogens is 1. The standard InChI is InChI=1S/C19H17BrN2O3/c20-15-8-6-13(7-9-15)16-12-17(14-4-2-1-3-5-14)22(21-16)18(23)10-11-19(24)25/h1-9,17H,10-12H2,(H,24,25)/p-1/t17-/m1/s1. The third kappa shape index (κ3) is 4.14. The van der Waals surface area contributed by atoms with Crippen LogP contribution >= 0.6 is 15.9 Å². The molecule has 0 spiro atoms. The van der Waals surface area contributed by atoms with Crippen LogP contribution in [0.5, 0.6) is 0 Å². The minimum Gasteiger partial charge on any atom is -0.550 e. The van der Waals surface area contributed by atoms with E-state index in [1.165, 1.54) is 5.01 Å². The van der Waals surface area contributed by atoms with Crippen molar-refractivity contribution in [2.75, 3.05) is 0 Å². The molecule has 0 N–H and O–H groups in total. The number of carboxylic acids is 1. The molecule has 1 aliphatic rings. The van der Waals surface area contributed by atoms with Gasteiger partial charge in [0.2, 0.25) is 5.91 Å². The Balaban J connectivity index is 1.88. The fourth-order valence-corrected chi connectivity index (χ4v) is 3.08. The summed E-state index contributed by atoms with van der Waals surface area (Å²) in [6.45, 7) is 0. The van der Waals surface area contributed by atoms with Gasteiger partial charge in [-0.05, 0) is 29.7 Å². The predicted octanol–water partition coefficient (Wildman–Crippen LogP) is 2.66. The Morgan fingerprint density at radius 3 is 2.40 bits per heavy atom. The van der Waals surface area contributed by atoms with E-state index in [-0.39, 0.29) is 24.8 Å². The van der Waals surface area contributed by atoms with E-state index in [0.717, 1.165) is 21.3 Å². The molecule has 128 valence electrons. The summed E-state index contributed by atoms with van der Waals surface area (Å²) in [7, 11) is 0. The first-order valence-corrected chi connectivity index (χ1v) is 8.74. The Hall–Kier alpha value is -2.47. The smallest absolute Gasteiger partial charge is 0.243 e. The minimum absolute atomic E-state index is 0.122. The van der Waals surface area contributed by atoms with Crippen LogP contribution in [0.25, 0.3) is 0 Å². The molecule has 0 saturated heterocycles. The number of amides is 1. The lowest BCUT2D eigenvalue weighted by atomic mass is 9.98. The zero-order valence-electron chi connectivity index (χ0n) is 13.4. The van der Waals surface area contributed by atoms with Crippen LogP contribution in [0.15, 0.2) is 64.2 Å². The molecular weight excluding hydrogens is 384 g/mol. The molecule has 6 heteroatoms. The van der Waals surface area contributed by atoms with Gasteiger partial charge in [-0.1, -0.05) is 58.4 Å². The van der Waals surface area contributed by atoms with Crippen molar-refractivity contribution in [3.8, 4) is 0 Å². The van der Waals surface area contributed by atoms with Gasteiger partial charge in [0.15, 0.2) is 0 Å². The first-order valence-electron chi connectivity index (χ1n) is 7.95. The molecule has 2 aromatic rings. The van der Waals surface area contributed by atoms with Crippen LogP contribution in [0.1, 0.15) is 36.4 Å². The predicted molar refractivity (Wildman–Crippen MR) is 95.6 cm³/mol. The van der Waals surface area contributed by atoms with Crippen molar-refractivity contribution in [1.82, 2.24) is 5.01 Å². The summed E-state index contributed by atoms with van der Waals surface area (Å²) < 4.78 is 0.969. The normalized spacial score (nSPS) is 16.6. The zero-order valence-corrected chi connectivity index (χ0v) is 15.0. The molecule has 0 unspecified atom stereocenters. The van der Waals surface area contributed by atoms with E-state index in [9.17, 15) is 14.7 Å². The second-order valence-corrected chi connectivity index (χ2v) is 6.71. The van der Waals surface area contributed by atoms with Crippen molar-refractivity contribution in [2.24, 2.45) is 5.10 Å². The topological polar surface area (TPSA) is 72.8 Å². The Kier molecular flexibility index (Phi) is 5.28. The van der Waals surface area contributed by atoms with Gasteiger partial charge in [-0.2, -0.15) is 5.10 Å². The first kappa shape index (κ1) is 17.4. The highest BCUT2D eigenvalue weighted by molar-refractivity contribution is 9.10. The van der Waals surface area contributed by atoms with Gasteiger partial charge in [0.1, 0.15) is 0 Å². The van der Waals surface area contributed by atoms with E-state index in [0.29, 0.717) is 6.42 Å². The highest BCUT2D eigenvalue weighted by Gasteiger charge is 2.32. The number of hydrazone groups is 1. The molecule has 5 nitrogen and oxygen atoms in total. The van der Waals surface area contributed by atoms with Crippen molar-refractivity contribution in [1.29, 1.82) is 0 Å². The van der Waals surface area contributed by atoms with Crippen LogP contribution in [-0.4, -0.2) is 22.6 Å². The molecule has 25 heavy (non-hydrogen) atoms. The molecule has 1 heterocycles. The average Bonchev–Trinajstić information content (AvgIpc) is 3.06. The first-order chi connectivity index (χ1) is 12.0. The summed E-state index contributed by atoms with van der Waals surface area (Å²) in [5.41, 5.74) is 2.72. The molecule has 2 aromatic carbocycles. The lowest BCUT2D eigenvalue weighted by Crippen LogP contribution is -2.29. The van der Waals surface area contributed by atoms with Crippen LogP contribution in [-0.2, 0) is 9.59 Å². The monoisotopic (exact) mass is 399 g/mol. The zero-order chi connectivity index (χ0) is 17.8. The number of rotatable bonds is 5. The van der Waals surface area contributed by atoms with E-state index in [1.54, 1.807) is 0 Å². The van der Waals surface area contributed by atoms with Crippen molar-refractivity contribution in [3.05, 3.63) is 70.2 Å². The molecular formula is C19H16BrN2O3-. The molecule has 0 saturated carbocycles. The van der Waals surface area contributed by atoms with Crippen LogP contribution in [0.2, 0.25) is 0 Å². The third-order valence-electron chi connectivity index (χ3n) is 4.07. The summed E-state index contributed by atoms with van der Waals surface area (Å²) in [4.78, 5) is 23.2. The summed E-state index contributed by atoms with van der Waals surface area (Å²) in [6.07, 6.45) is 0.158. The SMILES string of the molecule is O=C([O-])CCC(=O)N1N=C(c2ccc(Br)cc2)C[C@@H]1c1ccccc1. The van der Waals surface area contributed by atoms with Gasteiger partial charge < -0.3 is 9.90 Å². The number of carboxylic acid groups (broad SMARTS) is 1. The number of benzene rings is 2. The maximum absolute atomic E-state index is 12.5. The maximum Gasteiger partial charge on any atom is 0.243 e. The number of aliphatic carboxylic acids is 1. The summed E-state index contributed by atoms with van der Waals surface area (Å²) in [5.74, 6) is -1.55. The fraction of sp³-hybridized carbons (Fsp3) is 0.211. The van der Waals surface area contributed by atoms with Gasteiger partial charge in [0.25, 0.3) is 0 Å². The summed E-state index contributed by atoms with van der Waals surface area (Å²) >= 11 is 3.41. The van der Waals surface area contributed by atoms with Crippen molar-refractivity contribution in [2.45, 2.75) is 25.3 Å². The van der Waals surface area contributed by atoms with Crippen LogP contribution < -0.4 is 5.11 Å². The van der Waals surface area contributed by atoms with E-state index in [4.69, 9.17) is 0 Å². The Labute approximate surface area is 154 Å². The Morgan fingerprint density at radius 1 is 1.08 bits per heavy atom. The second kappa shape index (κ2) is 7.61.